The Labute approximate surface area is 102 Å². The molecule has 0 amide bonds. The van der Waals surface area contributed by atoms with Gasteiger partial charge in [-0.15, -0.1) is 0 Å². The van der Waals surface area contributed by atoms with Crippen LogP contribution in [0.3, 0.4) is 0 Å². The molecule has 0 heterocycles. The number of carbonyl (C=O) groups is 1. The minimum absolute atomic E-state index is 0.0959. The van der Waals surface area contributed by atoms with Crippen molar-refractivity contribution in [3.05, 3.63) is 38.9 Å². The molecule has 0 aliphatic carbocycles. The van der Waals surface area contributed by atoms with Gasteiger partial charge in [-0.2, -0.15) is 0 Å². The highest BCUT2D eigenvalue weighted by molar-refractivity contribution is 6.30. The van der Waals surface area contributed by atoms with E-state index in [1.807, 2.05) is 0 Å². The third-order valence-electron chi connectivity index (χ3n) is 1.84. The fraction of sp³-hybridized carbons (Fsp3) is 0.182. The highest BCUT2D eigenvalue weighted by atomic mass is 35.5. The predicted octanol–water partition coefficient (Wildman–Crippen LogP) is 2.46. The lowest BCUT2D eigenvalue weighted by atomic mass is 10.2. The maximum Gasteiger partial charge on any atom is 0.304 e. The standard InChI is InChI=1S/C11H8ClNO4/c12-9-5-6-10(13(16)17)8(7-9)3-1-2-4-11(14)15/h5-7H,2,4H2,(H,14,15). The summed E-state index contributed by atoms with van der Waals surface area (Å²) in [5.41, 5.74) is 0.0464. The summed E-state index contributed by atoms with van der Waals surface area (Å²) < 4.78 is 0. The first-order chi connectivity index (χ1) is 8.00. The van der Waals surface area contributed by atoms with Crippen LogP contribution < -0.4 is 0 Å². The second kappa shape index (κ2) is 5.87. The van der Waals surface area contributed by atoms with Gasteiger partial charge in [-0.3, -0.25) is 14.9 Å². The molecular formula is C11H8ClNO4. The normalized spacial score (nSPS) is 9.24. The second-order valence-corrected chi connectivity index (χ2v) is 3.55. The second-order valence-electron chi connectivity index (χ2n) is 3.11. The summed E-state index contributed by atoms with van der Waals surface area (Å²) in [6, 6.07) is 4.05. The fourth-order valence-electron chi connectivity index (χ4n) is 1.09. The van der Waals surface area contributed by atoms with Crippen molar-refractivity contribution in [3.8, 4) is 11.8 Å². The first kappa shape index (κ1) is 13.0. The average Bonchev–Trinajstić information content (AvgIpc) is 2.23. The van der Waals surface area contributed by atoms with Crippen LogP contribution in [0.15, 0.2) is 18.2 Å². The van der Waals surface area contributed by atoms with Crippen molar-refractivity contribution in [3.63, 3.8) is 0 Å². The van der Waals surface area contributed by atoms with Crippen molar-refractivity contribution in [1.29, 1.82) is 0 Å². The van der Waals surface area contributed by atoms with Crippen molar-refractivity contribution < 1.29 is 14.8 Å². The van der Waals surface area contributed by atoms with E-state index in [4.69, 9.17) is 16.7 Å². The largest absolute Gasteiger partial charge is 0.481 e. The Balaban J connectivity index is 2.92. The summed E-state index contributed by atoms with van der Waals surface area (Å²) in [7, 11) is 0. The molecule has 1 aromatic carbocycles. The first-order valence-corrected chi connectivity index (χ1v) is 5.03. The SMILES string of the molecule is O=C(O)CCC#Cc1cc(Cl)ccc1[N+](=O)[O-]. The molecule has 0 radical (unpaired) electrons. The van der Waals surface area contributed by atoms with Gasteiger partial charge in [-0.05, 0) is 12.1 Å². The molecule has 1 rings (SSSR count). The molecule has 5 nitrogen and oxygen atoms in total. The molecule has 0 fully saturated rings. The minimum atomic E-state index is -0.958. The number of hydrogen-bond donors (Lipinski definition) is 1. The van der Waals surface area contributed by atoms with Gasteiger partial charge in [0.25, 0.3) is 5.69 Å². The van der Waals surface area contributed by atoms with Crippen molar-refractivity contribution >= 4 is 23.3 Å². The summed E-state index contributed by atoms with van der Waals surface area (Å²) in [6.07, 6.45) is 0.0420. The Kier molecular flexibility index (Phi) is 4.49. The number of halogens is 1. The maximum absolute atomic E-state index is 10.7. The number of rotatable bonds is 3. The number of benzene rings is 1. The zero-order valence-electron chi connectivity index (χ0n) is 8.64. The van der Waals surface area contributed by atoms with E-state index in [-0.39, 0.29) is 24.1 Å². The number of carboxylic acid groups (broad SMARTS) is 1. The number of nitro benzene ring substituents is 1. The quantitative estimate of drug-likeness (QED) is 0.510. The summed E-state index contributed by atoms with van der Waals surface area (Å²) in [5.74, 6) is 4.15. The Morgan fingerprint density at radius 3 is 2.82 bits per heavy atom. The van der Waals surface area contributed by atoms with E-state index in [1.54, 1.807) is 0 Å². The van der Waals surface area contributed by atoms with Crippen LogP contribution in [-0.4, -0.2) is 16.0 Å². The third kappa shape index (κ3) is 4.13. The highest BCUT2D eigenvalue weighted by Gasteiger charge is 2.11. The molecule has 0 saturated heterocycles. The molecule has 1 aromatic rings. The number of nitrogens with zero attached hydrogens (tertiary/aromatic N) is 1. The molecule has 0 unspecified atom stereocenters. The molecule has 0 aliphatic rings. The minimum Gasteiger partial charge on any atom is -0.481 e. The van der Waals surface area contributed by atoms with Gasteiger partial charge in [0, 0.05) is 17.5 Å². The molecule has 0 aromatic heterocycles. The number of carboxylic acids is 1. The topological polar surface area (TPSA) is 80.4 Å². The average molecular weight is 254 g/mol. The Morgan fingerprint density at radius 2 is 2.24 bits per heavy atom. The summed E-state index contributed by atoms with van der Waals surface area (Å²) in [4.78, 5) is 20.4. The lowest BCUT2D eigenvalue weighted by Crippen LogP contribution is -1.93. The molecule has 1 N–H and O–H groups in total. The van der Waals surface area contributed by atoms with Crippen LogP contribution in [0, 0.1) is 22.0 Å². The third-order valence-corrected chi connectivity index (χ3v) is 2.08. The zero-order valence-corrected chi connectivity index (χ0v) is 9.40. The lowest BCUT2D eigenvalue weighted by molar-refractivity contribution is -0.385. The van der Waals surface area contributed by atoms with Crippen molar-refractivity contribution in [2.75, 3.05) is 0 Å². The lowest BCUT2D eigenvalue weighted by Gasteiger charge is -1.95. The van der Waals surface area contributed by atoms with Crippen LogP contribution in [0.2, 0.25) is 5.02 Å². The van der Waals surface area contributed by atoms with Crippen LogP contribution in [0.1, 0.15) is 18.4 Å². The molecule has 17 heavy (non-hydrogen) atoms. The number of aliphatic carboxylic acids is 1. The van der Waals surface area contributed by atoms with Crippen LogP contribution in [0.25, 0.3) is 0 Å². The van der Waals surface area contributed by atoms with Gasteiger partial charge in [0.05, 0.1) is 11.3 Å². The van der Waals surface area contributed by atoms with E-state index in [1.165, 1.54) is 18.2 Å². The fourth-order valence-corrected chi connectivity index (χ4v) is 1.27. The summed E-state index contributed by atoms with van der Waals surface area (Å²) >= 11 is 5.70. The monoisotopic (exact) mass is 253 g/mol. The van der Waals surface area contributed by atoms with Gasteiger partial charge in [0.1, 0.15) is 5.56 Å². The molecule has 88 valence electrons. The summed E-state index contributed by atoms with van der Waals surface area (Å²) in [6.45, 7) is 0. The molecule has 0 atom stereocenters. The maximum atomic E-state index is 10.7. The van der Waals surface area contributed by atoms with Crippen LogP contribution >= 0.6 is 11.6 Å². The van der Waals surface area contributed by atoms with Crippen molar-refractivity contribution in [2.24, 2.45) is 0 Å². The van der Waals surface area contributed by atoms with Gasteiger partial charge < -0.3 is 5.11 Å². The van der Waals surface area contributed by atoms with Crippen molar-refractivity contribution in [2.45, 2.75) is 12.8 Å². The Morgan fingerprint density at radius 1 is 1.53 bits per heavy atom. The predicted molar refractivity (Wildman–Crippen MR) is 61.9 cm³/mol. The first-order valence-electron chi connectivity index (χ1n) is 4.65. The Bertz CT molecular complexity index is 516. The van der Waals surface area contributed by atoms with Gasteiger partial charge in [0.15, 0.2) is 0 Å². The van der Waals surface area contributed by atoms with Crippen LogP contribution in [0.4, 0.5) is 5.69 Å². The molecule has 0 aliphatic heterocycles. The van der Waals surface area contributed by atoms with E-state index in [2.05, 4.69) is 11.8 Å². The van der Waals surface area contributed by atoms with Gasteiger partial charge >= 0.3 is 5.97 Å². The van der Waals surface area contributed by atoms with E-state index < -0.39 is 10.9 Å². The van der Waals surface area contributed by atoms with Crippen LogP contribution in [0.5, 0.6) is 0 Å². The molecule has 0 saturated carbocycles. The van der Waals surface area contributed by atoms with E-state index in [9.17, 15) is 14.9 Å². The van der Waals surface area contributed by atoms with E-state index in [0.717, 1.165) is 0 Å². The van der Waals surface area contributed by atoms with Gasteiger partial charge in [0.2, 0.25) is 0 Å². The Hall–Kier alpha value is -2.06. The highest BCUT2D eigenvalue weighted by Crippen LogP contribution is 2.21. The van der Waals surface area contributed by atoms with E-state index >= 15 is 0 Å². The van der Waals surface area contributed by atoms with Crippen molar-refractivity contribution in [1.82, 2.24) is 0 Å². The van der Waals surface area contributed by atoms with Crippen LogP contribution in [-0.2, 0) is 4.79 Å². The molecule has 0 spiro atoms. The number of nitro groups is 1. The molecule has 6 heteroatoms. The van der Waals surface area contributed by atoms with E-state index in [0.29, 0.717) is 5.02 Å². The zero-order chi connectivity index (χ0) is 12.8. The molecular weight excluding hydrogens is 246 g/mol. The van der Waals surface area contributed by atoms with Gasteiger partial charge in [-0.25, -0.2) is 0 Å². The number of hydrogen-bond acceptors (Lipinski definition) is 3. The van der Waals surface area contributed by atoms with Gasteiger partial charge in [-0.1, -0.05) is 23.4 Å². The molecule has 0 bridgehead atoms. The summed E-state index contributed by atoms with van der Waals surface area (Å²) in [5, 5.41) is 19.4. The smallest absolute Gasteiger partial charge is 0.304 e.